The van der Waals surface area contributed by atoms with E-state index in [9.17, 15) is 0 Å². The maximum absolute atomic E-state index is 8.70. The number of anilines is 1. The molecule has 0 aliphatic heterocycles. The normalized spacial score (nSPS) is 11.3. The average Bonchev–Trinajstić information content (AvgIpc) is 2.53. The standard InChI is InChI=1S/C14H17N5O/c1-2-19(10-11-6-4-3-5-7-11)14-16-9-8-12(17-14)13(15)18-20/h3-9,20H,2,10H2,1H3,(H2,15,18). The lowest BCUT2D eigenvalue weighted by molar-refractivity contribution is 0.318. The van der Waals surface area contributed by atoms with Crippen molar-refractivity contribution < 1.29 is 5.21 Å². The number of benzene rings is 1. The molecule has 0 saturated carbocycles. The highest BCUT2D eigenvalue weighted by atomic mass is 16.4. The third-order valence-electron chi connectivity index (χ3n) is 2.89. The van der Waals surface area contributed by atoms with Crippen LogP contribution in [0.4, 0.5) is 5.95 Å². The molecule has 6 heteroatoms. The van der Waals surface area contributed by atoms with Gasteiger partial charge in [0.2, 0.25) is 5.95 Å². The molecule has 1 heterocycles. The van der Waals surface area contributed by atoms with E-state index in [1.165, 1.54) is 5.56 Å². The van der Waals surface area contributed by atoms with Gasteiger partial charge in [-0.2, -0.15) is 0 Å². The SMILES string of the molecule is CCN(Cc1ccccc1)c1nccc(/C(N)=N/O)n1. The number of oxime groups is 1. The van der Waals surface area contributed by atoms with E-state index in [0.717, 1.165) is 6.54 Å². The topological polar surface area (TPSA) is 87.6 Å². The third kappa shape index (κ3) is 3.23. The van der Waals surface area contributed by atoms with Gasteiger partial charge < -0.3 is 15.8 Å². The Bertz CT molecular complexity index is 585. The van der Waals surface area contributed by atoms with E-state index in [0.29, 0.717) is 18.2 Å². The Morgan fingerprint density at radius 1 is 1.30 bits per heavy atom. The van der Waals surface area contributed by atoms with Crippen molar-refractivity contribution in [1.29, 1.82) is 0 Å². The maximum Gasteiger partial charge on any atom is 0.226 e. The monoisotopic (exact) mass is 271 g/mol. The smallest absolute Gasteiger partial charge is 0.226 e. The zero-order valence-electron chi connectivity index (χ0n) is 11.3. The summed E-state index contributed by atoms with van der Waals surface area (Å²) in [7, 11) is 0. The molecule has 0 radical (unpaired) electrons. The van der Waals surface area contributed by atoms with Gasteiger partial charge in [-0.3, -0.25) is 0 Å². The van der Waals surface area contributed by atoms with Crippen molar-refractivity contribution in [2.24, 2.45) is 10.9 Å². The number of amidine groups is 1. The number of aromatic nitrogens is 2. The molecule has 0 unspecified atom stereocenters. The van der Waals surface area contributed by atoms with Crippen LogP contribution in [0.5, 0.6) is 0 Å². The Hall–Kier alpha value is -2.63. The van der Waals surface area contributed by atoms with Crippen molar-refractivity contribution in [3.63, 3.8) is 0 Å². The second-order valence-corrected chi connectivity index (χ2v) is 4.23. The molecule has 0 aliphatic rings. The third-order valence-corrected chi connectivity index (χ3v) is 2.89. The molecule has 0 saturated heterocycles. The fraction of sp³-hybridized carbons (Fsp3) is 0.214. The fourth-order valence-electron chi connectivity index (χ4n) is 1.82. The molecule has 0 aliphatic carbocycles. The molecule has 2 aromatic rings. The van der Waals surface area contributed by atoms with Crippen LogP contribution < -0.4 is 10.6 Å². The Balaban J connectivity index is 2.23. The van der Waals surface area contributed by atoms with Crippen molar-refractivity contribution in [2.45, 2.75) is 13.5 Å². The van der Waals surface area contributed by atoms with E-state index >= 15 is 0 Å². The van der Waals surface area contributed by atoms with Gasteiger partial charge in [-0.15, -0.1) is 0 Å². The molecular weight excluding hydrogens is 254 g/mol. The average molecular weight is 271 g/mol. The van der Waals surface area contributed by atoms with E-state index in [1.807, 2.05) is 30.0 Å². The molecule has 0 atom stereocenters. The van der Waals surface area contributed by atoms with Crippen LogP contribution in [-0.4, -0.2) is 27.6 Å². The Labute approximate surface area is 117 Å². The molecule has 2 rings (SSSR count). The summed E-state index contributed by atoms with van der Waals surface area (Å²) in [5.74, 6) is 0.532. The van der Waals surface area contributed by atoms with Crippen LogP contribution in [0.25, 0.3) is 0 Å². The summed E-state index contributed by atoms with van der Waals surface area (Å²) in [6.07, 6.45) is 1.60. The molecule has 0 spiro atoms. The van der Waals surface area contributed by atoms with Crippen molar-refractivity contribution in [3.8, 4) is 0 Å². The highest BCUT2D eigenvalue weighted by Gasteiger charge is 2.10. The van der Waals surface area contributed by atoms with Gasteiger partial charge in [0.25, 0.3) is 0 Å². The van der Waals surface area contributed by atoms with E-state index in [1.54, 1.807) is 12.3 Å². The molecule has 0 fully saturated rings. The van der Waals surface area contributed by atoms with E-state index in [4.69, 9.17) is 10.9 Å². The van der Waals surface area contributed by atoms with Gasteiger partial charge in [0.15, 0.2) is 5.84 Å². The summed E-state index contributed by atoms with van der Waals surface area (Å²) >= 11 is 0. The lowest BCUT2D eigenvalue weighted by Crippen LogP contribution is -2.25. The van der Waals surface area contributed by atoms with Gasteiger partial charge >= 0.3 is 0 Å². The second kappa shape index (κ2) is 6.51. The first-order chi connectivity index (χ1) is 9.74. The zero-order valence-corrected chi connectivity index (χ0v) is 11.3. The van der Waals surface area contributed by atoms with Crippen molar-refractivity contribution in [3.05, 3.63) is 53.9 Å². The minimum Gasteiger partial charge on any atom is -0.409 e. The van der Waals surface area contributed by atoms with Crippen LogP contribution in [0.1, 0.15) is 18.2 Å². The summed E-state index contributed by atoms with van der Waals surface area (Å²) in [4.78, 5) is 10.6. The first-order valence-corrected chi connectivity index (χ1v) is 6.34. The summed E-state index contributed by atoms with van der Waals surface area (Å²) in [6.45, 7) is 3.49. The van der Waals surface area contributed by atoms with Crippen LogP contribution in [-0.2, 0) is 6.54 Å². The highest BCUT2D eigenvalue weighted by molar-refractivity contribution is 5.95. The van der Waals surface area contributed by atoms with Crippen molar-refractivity contribution in [2.75, 3.05) is 11.4 Å². The first-order valence-electron chi connectivity index (χ1n) is 6.34. The van der Waals surface area contributed by atoms with Crippen LogP contribution in [0, 0.1) is 0 Å². The maximum atomic E-state index is 8.70. The van der Waals surface area contributed by atoms with E-state index in [2.05, 4.69) is 27.3 Å². The second-order valence-electron chi connectivity index (χ2n) is 4.23. The molecule has 0 amide bonds. The Morgan fingerprint density at radius 3 is 2.70 bits per heavy atom. The van der Waals surface area contributed by atoms with Crippen LogP contribution in [0.3, 0.4) is 0 Å². The zero-order chi connectivity index (χ0) is 14.4. The number of nitrogens with zero attached hydrogens (tertiary/aromatic N) is 4. The van der Waals surface area contributed by atoms with Gasteiger partial charge in [-0.25, -0.2) is 9.97 Å². The number of nitrogens with two attached hydrogens (primary N) is 1. The fourth-order valence-corrected chi connectivity index (χ4v) is 1.82. The van der Waals surface area contributed by atoms with Gasteiger partial charge in [0, 0.05) is 19.3 Å². The summed E-state index contributed by atoms with van der Waals surface area (Å²) in [6, 6.07) is 11.7. The van der Waals surface area contributed by atoms with Gasteiger partial charge in [0.05, 0.1) is 0 Å². The lowest BCUT2D eigenvalue weighted by atomic mass is 10.2. The van der Waals surface area contributed by atoms with Gasteiger partial charge in [-0.1, -0.05) is 35.5 Å². The minimum atomic E-state index is -0.0237. The molecule has 104 valence electrons. The summed E-state index contributed by atoms with van der Waals surface area (Å²) < 4.78 is 0. The van der Waals surface area contributed by atoms with Gasteiger partial charge in [-0.05, 0) is 18.6 Å². The quantitative estimate of drug-likeness (QED) is 0.373. The molecule has 1 aromatic carbocycles. The lowest BCUT2D eigenvalue weighted by Gasteiger charge is -2.21. The number of rotatable bonds is 5. The van der Waals surface area contributed by atoms with Crippen LogP contribution >= 0.6 is 0 Å². The molecule has 1 aromatic heterocycles. The molecule has 0 bridgehead atoms. The Morgan fingerprint density at radius 2 is 2.05 bits per heavy atom. The predicted octanol–water partition coefficient (Wildman–Crippen LogP) is 1.60. The summed E-state index contributed by atoms with van der Waals surface area (Å²) in [5.41, 5.74) is 7.13. The largest absolute Gasteiger partial charge is 0.409 e. The van der Waals surface area contributed by atoms with Crippen molar-refractivity contribution in [1.82, 2.24) is 9.97 Å². The highest BCUT2D eigenvalue weighted by Crippen LogP contribution is 2.12. The number of hydrogen-bond donors (Lipinski definition) is 2. The van der Waals surface area contributed by atoms with Crippen LogP contribution in [0.15, 0.2) is 47.8 Å². The molecular formula is C14H17N5O. The first kappa shape index (κ1) is 13.8. The molecule has 20 heavy (non-hydrogen) atoms. The Kier molecular flexibility index (Phi) is 4.49. The van der Waals surface area contributed by atoms with E-state index < -0.39 is 0 Å². The number of hydrogen-bond acceptors (Lipinski definition) is 5. The summed E-state index contributed by atoms with van der Waals surface area (Å²) in [5, 5.41) is 11.7. The van der Waals surface area contributed by atoms with Crippen molar-refractivity contribution >= 4 is 11.8 Å². The van der Waals surface area contributed by atoms with E-state index in [-0.39, 0.29) is 5.84 Å². The molecule has 3 N–H and O–H groups in total. The molecule has 6 nitrogen and oxygen atoms in total. The van der Waals surface area contributed by atoms with Crippen LogP contribution in [0.2, 0.25) is 0 Å². The minimum absolute atomic E-state index is 0.0237. The predicted molar refractivity (Wildman–Crippen MR) is 77.7 cm³/mol. The van der Waals surface area contributed by atoms with Gasteiger partial charge in [0.1, 0.15) is 5.69 Å².